The molecular formula is C11H22ClN3O3. The summed E-state index contributed by atoms with van der Waals surface area (Å²) in [5.74, 6) is -0.186. The van der Waals surface area contributed by atoms with Gasteiger partial charge in [0.1, 0.15) is 6.61 Å². The fourth-order valence-corrected chi connectivity index (χ4v) is 1.78. The Balaban J connectivity index is 0.00000289. The molecule has 0 saturated carbocycles. The van der Waals surface area contributed by atoms with Gasteiger partial charge in [-0.25, -0.2) is 0 Å². The summed E-state index contributed by atoms with van der Waals surface area (Å²) in [6, 6.07) is 0.313. The number of ether oxygens (including phenoxy) is 1. The molecule has 1 fully saturated rings. The molecule has 0 radical (unpaired) electrons. The number of methoxy groups -OCH3 is 1. The molecule has 0 bridgehead atoms. The van der Waals surface area contributed by atoms with Crippen LogP contribution in [0.1, 0.15) is 6.92 Å². The summed E-state index contributed by atoms with van der Waals surface area (Å²) in [6.07, 6.45) is 0. The van der Waals surface area contributed by atoms with Crippen LogP contribution in [0, 0.1) is 0 Å². The van der Waals surface area contributed by atoms with E-state index in [0.29, 0.717) is 19.1 Å². The predicted octanol–water partition coefficient (Wildman–Crippen LogP) is -0.667. The van der Waals surface area contributed by atoms with E-state index in [1.54, 1.807) is 11.9 Å². The van der Waals surface area contributed by atoms with Crippen LogP contribution in [-0.2, 0) is 14.3 Å². The van der Waals surface area contributed by atoms with Crippen molar-refractivity contribution in [2.24, 2.45) is 0 Å². The molecule has 0 unspecified atom stereocenters. The third kappa shape index (κ3) is 5.20. The van der Waals surface area contributed by atoms with E-state index in [1.807, 2.05) is 6.92 Å². The molecule has 1 N–H and O–H groups in total. The third-order valence-electron chi connectivity index (χ3n) is 2.79. The van der Waals surface area contributed by atoms with Gasteiger partial charge in [0.05, 0.1) is 6.54 Å². The van der Waals surface area contributed by atoms with E-state index in [4.69, 9.17) is 4.74 Å². The highest BCUT2D eigenvalue weighted by Gasteiger charge is 2.22. The maximum absolute atomic E-state index is 11.9. The van der Waals surface area contributed by atoms with Crippen molar-refractivity contribution in [3.63, 3.8) is 0 Å². The molecule has 1 aliphatic heterocycles. The van der Waals surface area contributed by atoms with E-state index in [2.05, 4.69) is 5.32 Å². The maximum atomic E-state index is 11.9. The van der Waals surface area contributed by atoms with E-state index >= 15 is 0 Å². The van der Waals surface area contributed by atoms with Crippen LogP contribution >= 0.6 is 12.4 Å². The molecule has 1 heterocycles. The highest BCUT2D eigenvalue weighted by Crippen LogP contribution is 2.00. The van der Waals surface area contributed by atoms with Crippen molar-refractivity contribution in [3.8, 4) is 0 Å². The quantitative estimate of drug-likeness (QED) is 0.742. The fraction of sp³-hybridized carbons (Fsp3) is 0.818. The first-order valence-corrected chi connectivity index (χ1v) is 5.78. The van der Waals surface area contributed by atoms with Crippen LogP contribution in [0.3, 0.4) is 0 Å². The van der Waals surface area contributed by atoms with Crippen LogP contribution in [0.25, 0.3) is 0 Å². The smallest absolute Gasteiger partial charge is 0.248 e. The molecule has 7 heteroatoms. The number of nitrogens with one attached hydrogen (secondary N) is 1. The first-order chi connectivity index (χ1) is 8.04. The van der Waals surface area contributed by atoms with Gasteiger partial charge in [-0.3, -0.25) is 9.59 Å². The Morgan fingerprint density at radius 3 is 2.72 bits per heavy atom. The minimum Gasteiger partial charge on any atom is -0.375 e. The summed E-state index contributed by atoms with van der Waals surface area (Å²) in [4.78, 5) is 26.6. The fourth-order valence-electron chi connectivity index (χ4n) is 1.78. The Kier molecular flexibility index (Phi) is 7.90. The summed E-state index contributed by atoms with van der Waals surface area (Å²) < 4.78 is 4.74. The van der Waals surface area contributed by atoms with Crippen LogP contribution < -0.4 is 5.32 Å². The lowest BCUT2D eigenvalue weighted by molar-refractivity contribution is -0.141. The number of rotatable bonds is 4. The Labute approximate surface area is 114 Å². The molecule has 1 saturated heterocycles. The van der Waals surface area contributed by atoms with E-state index in [9.17, 15) is 9.59 Å². The standard InChI is InChI=1S/C11H21N3O3.ClH/c1-9-6-14(5-4-12-9)10(15)7-13(2)11(16)8-17-3;/h9,12H,4-8H2,1-3H3;1H/t9-;/m1./s1. The van der Waals surface area contributed by atoms with Crippen LogP contribution in [0.4, 0.5) is 0 Å². The molecule has 106 valence electrons. The van der Waals surface area contributed by atoms with Crippen molar-refractivity contribution in [2.45, 2.75) is 13.0 Å². The number of halogens is 1. The topological polar surface area (TPSA) is 61.9 Å². The zero-order valence-corrected chi connectivity index (χ0v) is 12.0. The number of hydrogen-bond donors (Lipinski definition) is 1. The number of amides is 2. The zero-order chi connectivity index (χ0) is 12.8. The molecule has 0 aromatic heterocycles. The molecule has 6 nitrogen and oxygen atoms in total. The highest BCUT2D eigenvalue weighted by molar-refractivity contribution is 5.85. The van der Waals surface area contributed by atoms with E-state index < -0.39 is 0 Å². The average Bonchev–Trinajstić information content (AvgIpc) is 2.29. The van der Waals surface area contributed by atoms with Crippen molar-refractivity contribution in [2.75, 3.05) is 46.9 Å². The molecule has 2 amide bonds. The van der Waals surface area contributed by atoms with Crippen molar-refractivity contribution in [3.05, 3.63) is 0 Å². The molecule has 0 aliphatic carbocycles. The van der Waals surface area contributed by atoms with Gasteiger partial charge < -0.3 is 19.9 Å². The van der Waals surface area contributed by atoms with Gasteiger partial charge in [-0.2, -0.15) is 0 Å². The Hall–Kier alpha value is -0.850. The number of carbonyl (C=O) groups is 2. The van der Waals surface area contributed by atoms with Gasteiger partial charge in [-0.15, -0.1) is 12.4 Å². The first kappa shape index (κ1) is 17.2. The third-order valence-corrected chi connectivity index (χ3v) is 2.79. The molecule has 0 spiro atoms. The largest absolute Gasteiger partial charge is 0.375 e. The number of carbonyl (C=O) groups excluding carboxylic acids is 2. The number of piperazine rings is 1. The van der Waals surface area contributed by atoms with Crippen LogP contribution in [0.2, 0.25) is 0 Å². The second kappa shape index (κ2) is 8.29. The van der Waals surface area contributed by atoms with Crippen molar-refractivity contribution >= 4 is 24.2 Å². The molecule has 1 rings (SSSR count). The minimum absolute atomic E-state index is 0. The monoisotopic (exact) mass is 279 g/mol. The lowest BCUT2D eigenvalue weighted by atomic mass is 10.2. The summed E-state index contributed by atoms with van der Waals surface area (Å²) in [7, 11) is 3.08. The molecule has 18 heavy (non-hydrogen) atoms. The highest BCUT2D eigenvalue weighted by atomic mass is 35.5. The predicted molar refractivity (Wildman–Crippen MR) is 70.8 cm³/mol. The molecule has 1 aliphatic rings. The van der Waals surface area contributed by atoms with Crippen LogP contribution in [-0.4, -0.2) is 74.6 Å². The first-order valence-electron chi connectivity index (χ1n) is 5.78. The van der Waals surface area contributed by atoms with Gasteiger partial charge in [0, 0.05) is 39.8 Å². The summed E-state index contributed by atoms with van der Waals surface area (Å²) in [5, 5.41) is 3.27. The zero-order valence-electron chi connectivity index (χ0n) is 11.1. The van der Waals surface area contributed by atoms with Gasteiger partial charge in [-0.1, -0.05) is 0 Å². The van der Waals surface area contributed by atoms with E-state index in [1.165, 1.54) is 12.0 Å². The van der Waals surface area contributed by atoms with Crippen LogP contribution in [0.5, 0.6) is 0 Å². The van der Waals surface area contributed by atoms with Crippen molar-refractivity contribution < 1.29 is 14.3 Å². The summed E-state index contributed by atoms with van der Waals surface area (Å²) in [6.45, 7) is 4.39. The number of hydrogen-bond acceptors (Lipinski definition) is 4. The number of likely N-dealkylation sites (N-methyl/N-ethyl adjacent to an activating group) is 1. The molecule has 0 aromatic rings. The van der Waals surface area contributed by atoms with E-state index in [0.717, 1.165) is 6.54 Å². The second-order valence-corrected chi connectivity index (χ2v) is 4.38. The lowest BCUT2D eigenvalue weighted by Crippen LogP contribution is -2.53. The number of nitrogens with zero attached hydrogens (tertiary/aromatic N) is 2. The molecule has 0 aromatic carbocycles. The van der Waals surface area contributed by atoms with Crippen LogP contribution in [0.15, 0.2) is 0 Å². The Morgan fingerprint density at radius 2 is 2.17 bits per heavy atom. The van der Waals surface area contributed by atoms with Crippen molar-refractivity contribution in [1.29, 1.82) is 0 Å². The summed E-state index contributed by atoms with van der Waals surface area (Å²) in [5.41, 5.74) is 0. The maximum Gasteiger partial charge on any atom is 0.248 e. The normalized spacial score (nSPS) is 19.1. The molecular weight excluding hydrogens is 258 g/mol. The van der Waals surface area contributed by atoms with Gasteiger partial charge in [0.15, 0.2) is 0 Å². The SMILES string of the molecule is COCC(=O)N(C)CC(=O)N1CCN[C@H](C)C1.Cl. The Morgan fingerprint density at radius 1 is 1.50 bits per heavy atom. The second-order valence-electron chi connectivity index (χ2n) is 4.38. The van der Waals surface area contributed by atoms with Crippen molar-refractivity contribution in [1.82, 2.24) is 15.1 Å². The minimum atomic E-state index is -0.177. The van der Waals surface area contributed by atoms with Gasteiger partial charge in [-0.05, 0) is 6.92 Å². The molecule has 1 atom stereocenters. The summed E-state index contributed by atoms with van der Waals surface area (Å²) >= 11 is 0. The van der Waals surface area contributed by atoms with Gasteiger partial charge >= 0.3 is 0 Å². The Bertz CT molecular complexity index is 289. The van der Waals surface area contributed by atoms with E-state index in [-0.39, 0.29) is 37.4 Å². The lowest BCUT2D eigenvalue weighted by Gasteiger charge is -2.33. The van der Waals surface area contributed by atoms with Gasteiger partial charge in [0.2, 0.25) is 11.8 Å². The average molecular weight is 280 g/mol. The van der Waals surface area contributed by atoms with Gasteiger partial charge in [0.25, 0.3) is 0 Å².